The summed E-state index contributed by atoms with van der Waals surface area (Å²) in [7, 11) is 0. The second-order valence-electron chi connectivity index (χ2n) is 6.00. The lowest BCUT2D eigenvalue weighted by atomic mass is 10.1. The van der Waals surface area contributed by atoms with Crippen molar-refractivity contribution in [2.45, 2.75) is 19.4 Å². The summed E-state index contributed by atoms with van der Waals surface area (Å²) in [6, 6.07) is 13.1. The molecule has 7 heteroatoms. The first-order valence-electron chi connectivity index (χ1n) is 8.28. The summed E-state index contributed by atoms with van der Waals surface area (Å²) in [6.07, 6.45) is 2.03. The van der Waals surface area contributed by atoms with Crippen LogP contribution in [0.15, 0.2) is 42.5 Å². The summed E-state index contributed by atoms with van der Waals surface area (Å²) in [6.45, 7) is 1.54. The van der Waals surface area contributed by atoms with Gasteiger partial charge in [0.15, 0.2) is 0 Å². The van der Waals surface area contributed by atoms with Gasteiger partial charge in [-0.1, -0.05) is 18.2 Å². The topological polar surface area (TPSA) is 96.5 Å². The van der Waals surface area contributed by atoms with Crippen molar-refractivity contribution in [2.24, 2.45) is 0 Å². The highest BCUT2D eigenvalue weighted by molar-refractivity contribution is 5.96. The van der Waals surface area contributed by atoms with Gasteiger partial charge in [0.1, 0.15) is 6.61 Å². The Bertz CT molecular complexity index is 883. The minimum absolute atomic E-state index is 0.0648. The molecule has 1 heterocycles. The summed E-state index contributed by atoms with van der Waals surface area (Å²) in [5, 5.41) is 20.2. The summed E-state index contributed by atoms with van der Waals surface area (Å²) < 4.78 is 5.35. The minimum Gasteiger partial charge on any atom is -0.457 e. The van der Waals surface area contributed by atoms with Gasteiger partial charge in [-0.15, -0.1) is 0 Å². The Morgan fingerprint density at radius 3 is 2.65 bits per heavy atom. The number of nitriles is 1. The maximum absolute atomic E-state index is 12.6. The van der Waals surface area contributed by atoms with Crippen LogP contribution in [0.2, 0.25) is 0 Å². The van der Waals surface area contributed by atoms with Crippen LogP contribution >= 0.6 is 0 Å². The molecule has 0 saturated carbocycles. The van der Waals surface area contributed by atoms with Gasteiger partial charge in [-0.3, -0.25) is 10.1 Å². The van der Waals surface area contributed by atoms with Gasteiger partial charge >= 0.3 is 5.97 Å². The maximum atomic E-state index is 12.6. The third kappa shape index (κ3) is 3.64. The van der Waals surface area contributed by atoms with Crippen LogP contribution in [0.3, 0.4) is 0 Å². The van der Waals surface area contributed by atoms with Gasteiger partial charge in [0, 0.05) is 30.8 Å². The van der Waals surface area contributed by atoms with E-state index in [2.05, 4.69) is 6.07 Å². The van der Waals surface area contributed by atoms with Crippen LogP contribution < -0.4 is 4.90 Å². The van der Waals surface area contributed by atoms with E-state index in [0.29, 0.717) is 16.8 Å². The molecule has 0 aliphatic carbocycles. The van der Waals surface area contributed by atoms with Crippen molar-refractivity contribution >= 4 is 17.3 Å². The predicted octanol–water partition coefficient (Wildman–Crippen LogP) is 3.42. The molecule has 1 fully saturated rings. The number of carbonyl (C=O) groups is 1. The van der Waals surface area contributed by atoms with E-state index in [4.69, 9.17) is 10.00 Å². The van der Waals surface area contributed by atoms with E-state index < -0.39 is 10.9 Å². The minimum atomic E-state index is -0.636. The summed E-state index contributed by atoms with van der Waals surface area (Å²) >= 11 is 0. The van der Waals surface area contributed by atoms with Crippen molar-refractivity contribution in [1.29, 1.82) is 5.26 Å². The molecule has 0 radical (unpaired) electrons. The first-order valence-corrected chi connectivity index (χ1v) is 8.28. The molecule has 3 rings (SSSR count). The van der Waals surface area contributed by atoms with Crippen molar-refractivity contribution < 1.29 is 14.5 Å². The van der Waals surface area contributed by atoms with Crippen LogP contribution in [-0.4, -0.2) is 24.0 Å². The van der Waals surface area contributed by atoms with Crippen LogP contribution in [0.4, 0.5) is 11.4 Å². The maximum Gasteiger partial charge on any atom is 0.340 e. The number of nitro benzene ring substituents is 1. The van der Waals surface area contributed by atoms with Gasteiger partial charge in [-0.2, -0.15) is 5.26 Å². The molecule has 1 saturated heterocycles. The molecule has 2 aromatic rings. The monoisotopic (exact) mass is 351 g/mol. The summed E-state index contributed by atoms with van der Waals surface area (Å²) in [5.74, 6) is -0.636. The molecular weight excluding hydrogens is 334 g/mol. The molecule has 7 nitrogen and oxygen atoms in total. The van der Waals surface area contributed by atoms with Gasteiger partial charge in [0.25, 0.3) is 5.69 Å². The third-order valence-electron chi connectivity index (χ3n) is 4.35. The van der Waals surface area contributed by atoms with Gasteiger partial charge in [0.05, 0.1) is 27.8 Å². The zero-order valence-electron chi connectivity index (χ0n) is 14.1. The number of nitrogens with zero attached hydrogens (tertiary/aromatic N) is 3. The van der Waals surface area contributed by atoms with E-state index in [0.717, 1.165) is 25.9 Å². The standard InChI is InChI=1S/C19H17N3O4/c20-12-14-5-1-2-6-15(14)13-26-19(23)17-11-16(22(24)25)7-8-18(17)21-9-3-4-10-21/h1-2,5-8,11H,3-4,9-10,13H2. The second kappa shape index (κ2) is 7.66. The van der Waals surface area contributed by atoms with Gasteiger partial charge in [0.2, 0.25) is 0 Å². The average Bonchev–Trinajstić information content (AvgIpc) is 3.20. The molecule has 1 aliphatic heterocycles. The third-order valence-corrected chi connectivity index (χ3v) is 4.35. The number of rotatable bonds is 5. The number of ether oxygens (including phenoxy) is 1. The average molecular weight is 351 g/mol. The highest BCUT2D eigenvalue weighted by atomic mass is 16.6. The fourth-order valence-corrected chi connectivity index (χ4v) is 3.01. The van der Waals surface area contributed by atoms with Crippen LogP contribution in [0.1, 0.15) is 34.3 Å². The smallest absolute Gasteiger partial charge is 0.340 e. The van der Waals surface area contributed by atoms with E-state index in [1.54, 1.807) is 30.3 Å². The molecule has 2 aromatic carbocycles. The number of benzene rings is 2. The van der Waals surface area contributed by atoms with Crippen LogP contribution in [0.5, 0.6) is 0 Å². The van der Waals surface area contributed by atoms with Crippen molar-refractivity contribution in [3.8, 4) is 6.07 Å². The van der Waals surface area contributed by atoms with E-state index in [9.17, 15) is 14.9 Å². The van der Waals surface area contributed by atoms with Crippen molar-refractivity contribution in [2.75, 3.05) is 18.0 Å². The number of nitro groups is 1. The highest BCUT2D eigenvalue weighted by Gasteiger charge is 2.23. The summed E-state index contributed by atoms with van der Waals surface area (Å²) in [5.41, 5.74) is 1.69. The van der Waals surface area contributed by atoms with Gasteiger partial charge < -0.3 is 9.64 Å². The summed E-state index contributed by atoms with van der Waals surface area (Å²) in [4.78, 5) is 25.2. The number of carbonyl (C=O) groups excluding carboxylic acids is 1. The first-order chi connectivity index (χ1) is 12.6. The normalized spacial score (nSPS) is 13.3. The molecule has 0 bridgehead atoms. The van der Waals surface area contributed by atoms with E-state index in [1.807, 2.05) is 4.90 Å². The Morgan fingerprint density at radius 1 is 1.23 bits per heavy atom. The number of non-ortho nitro benzene ring substituents is 1. The number of hydrogen-bond donors (Lipinski definition) is 0. The molecule has 0 spiro atoms. The van der Waals surface area contributed by atoms with Gasteiger partial charge in [-0.25, -0.2) is 4.79 Å². The van der Waals surface area contributed by atoms with Crippen molar-refractivity contribution in [1.82, 2.24) is 0 Å². The quantitative estimate of drug-likeness (QED) is 0.465. The molecule has 26 heavy (non-hydrogen) atoms. The van der Waals surface area contributed by atoms with Crippen molar-refractivity contribution in [3.63, 3.8) is 0 Å². The molecule has 132 valence electrons. The van der Waals surface area contributed by atoms with Crippen LogP contribution in [0, 0.1) is 21.4 Å². The van der Waals surface area contributed by atoms with Gasteiger partial charge in [-0.05, 0) is 25.0 Å². The van der Waals surface area contributed by atoms with Crippen LogP contribution in [-0.2, 0) is 11.3 Å². The lowest BCUT2D eigenvalue weighted by molar-refractivity contribution is -0.384. The van der Waals surface area contributed by atoms with E-state index in [1.165, 1.54) is 12.1 Å². The Morgan fingerprint density at radius 2 is 1.96 bits per heavy atom. The highest BCUT2D eigenvalue weighted by Crippen LogP contribution is 2.29. The first kappa shape index (κ1) is 17.4. The lowest BCUT2D eigenvalue weighted by Crippen LogP contribution is -2.21. The number of esters is 1. The molecule has 0 N–H and O–H groups in total. The van der Waals surface area contributed by atoms with E-state index >= 15 is 0 Å². The fraction of sp³-hybridized carbons (Fsp3) is 0.263. The molecule has 1 aliphatic rings. The molecule has 0 atom stereocenters. The molecule has 0 amide bonds. The zero-order valence-corrected chi connectivity index (χ0v) is 14.1. The Labute approximate surface area is 150 Å². The fourth-order valence-electron chi connectivity index (χ4n) is 3.01. The molecular formula is C19H17N3O4. The number of hydrogen-bond acceptors (Lipinski definition) is 6. The Kier molecular flexibility index (Phi) is 5.13. The van der Waals surface area contributed by atoms with Crippen molar-refractivity contribution in [3.05, 3.63) is 69.3 Å². The Hall–Kier alpha value is -3.40. The zero-order chi connectivity index (χ0) is 18.5. The van der Waals surface area contributed by atoms with Crippen LogP contribution in [0.25, 0.3) is 0 Å². The lowest BCUT2D eigenvalue weighted by Gasteiger charge is -2.20. The number of anilines is 1. The Balaban J connectivity index is 1.86. The predicted molar refractivity (Wildman–Crippen MR) is 94.8 cm³/mol. The second-order valence-corrected chi connectivity index (χ2v) is 6.00. The molecule has 0 unspecified atom stereocenters. The largest absolute Gasteiger partial charge is 0.457 e. The SMILES string of the molecule is N#Cc1ccccc1COC(=O)c1cc([N+](=O)[O-])ccc1N1CCCC1. The molecule has 0 aromatic heterocycles. The van der Waals surface area contributed by atoms with E-state index in [-0.39, 0.29) is 17.9 Å².